The first-order chi connectivity index (χ1) is 11.6. The van der Waals surface area contributed by atoms with E-state index in [4.69, 9.17) is 0 Å². The van der Waals surface area contributed by atoms with E-state index >= 15 is 0 Å². The Bertz CT molecular complexity index is 703. The molecule has 0 N–H and O–H groups in total. The average Bonchev–Trinajstić information content (AvgIpc) is 3.16. The molecule has 1 aromatic heterocycles. The summed E-state index contributed by atoms with van der Waals surface area (Å²) in [6.07, 6.45) is 8.97. The molecule has 4 nitrogen and oxygen atoms in total. The van der Waals surface area contributed by atoms with Crippen LogP contribution in [0.3, 0.4) is 0 Å². The van der Waals surface area contributed by atoms with E-state index < -0.39 is 0 Å². The molecule has 2 saturated heterocycles. The van der Waals surface area contributed by atoms with E-state index in [-0.39, 0.29) is 5.82 Å². The summed E-state index contributed by atoms with van der Waals surface area (Å²) in [5.74, 6) is -0.146. The predicted octanol–water partition coefficient (Wildman–Crippen LogP) is 3.19. The first kappa shape index (κ1) is 15.6. The number of aromatic nitrogens is 2. The SMILES string of the molecule is Cn1cc(CN2CCCC23CCN(c2cccc(F)c2)CC3)cn1. The minimum Gasteiger partial charge on any atom is -0.371 e. The molecule has 1 aromatic carbocycles. The van der Waals surface area contributed by atoms with Crippen molar-refractivity contribution in [3.8, 4) is 0 Å². The predicted molar refractivity (Wildman–Crippen MR) is 93.4 cm³/mol. The molecule has 1 spiro atoms. The lowest BCUT2D eigenvalue weighted by atomic mass is 9.84. The molecule has 0 atom stereocenters. The fraction of sp³-hybridized carbons (Fsp3) is 0.526. The van der Waals surface area contributed by atoms with Crippen LogP contribution in [0.5, 0.6) is 0 Å². The van der Waals surface area contributed by atoms with Crippen LogP contribution in [0, 0.1) is 5.82 Å². The van der Waals surface area contributed by atoms with Crippen molar-refractivity contribution in [1.82, 2.24) is 14.7 Å². The zero-order chi connectivity index (χ0) is 16.6. The highest BCUT2D eigenvalue weighted by Gasteiger charge is 2.43. The van der Waals surface area contributed by atoms with Gasteiger partial charge in [-0.3, -0.25) is 9.58 Å². The highest BCUT2D eigenvalue weighted by Crippen LogP contribution is 2.40. The number of hydrogen-bond donors (Lipinski definition) is 0. The summed E-state index contributed by atoms with van der Waals surface area (Å²) >= 11 is 0. The van der Waals surface area contributed by atoms with E-state index in [1.807, 2.05) is 24.0 Å². The molecule has 0 unspecified atom stereocenters. The Morgan fingerprint density at radius 3 is 2.71 bits per heavy atom. The topological polar surface area (TPSA) is 24.3 Å². The summed E-state index contributed by atoms with van der Waals surface area (Å²) in [6.45, 7) is 4.18. The van der Waals surface area contributed by atoms with Crippen LogP contribution in [0.15, 0.2) is 36.7 Å². The number of nitrogens with zero attached hydrogens (tertiary/aromatic N) is 4. The van der Waals surface area contributed by atoms with Crippen molar-refractivity contribution in [3.05, 3.63) is 48.0 Å². The maximum Gasteiger partial charge on any atom is 0.125 e. The molecule has 0 aliphatic carbocycles. The maximum atomic E-state index is 13.5. The van der Waals surface area contributed by atoms with Crippen molar-refractivity contribution in [1.29, 1.82) is 0 Å². The lowest BCUT2D eigenvalue weighted by Gasteiger charge is -2.45. The Balaban J connectivity index is 1.44. The third-order valence-electron chi connectivity index (χ3n) is 5.74. The highest BCUT2D eigenvalue weighted by atomic mass is 19.1. The van der Waals surface area contributed by atoms with Gasteiger partial charge >= 0.3 is 0 Å². The van der Waals surface area contributed by atoms with Gasteiger partial charge in [-0.05, 0) is 50.4 Å². The van der Waals surface area contributed by atoms with Gasteiger partial charge in [0.15, 0.2) is 0 Å². The number of rotatable bonds is 3. The van der Waals surface area contributed by atoms with E-state index in [1.54, 1.807) is 12.1 Å². The molecule has 2 aliphatic heterocycles. The van der Waals surface area contributed by atoms with Crippen molar-refractivity contribution >= 4 is 5.69 Å². The smallest absolute Gasteiger partial charge is 0.125 e. The van der Waals surface area contributed by atoms with E-state index in [9.17, 15) is 4.39 Å². The normalized spacial score (nSPS) is 20.8. The molecule has 2 aliphatic rings. The largest absolute Gasteiger partial charge is 0.371 e. The number of likely N-dealkylation sites (tertiary alicyclic amines) is 1. The molecule has 0 saturated carbocycles. The third-order valence-corrected chi connectivity index (χ3v) is 5.74. The van der Waals surface area contributed by atoms with Crippen LogP contribution in [-0.4, -0.2) is 39.9 Å². The number of halogens is 1. The number of anilines is 1. The molecule has 4 rings (SSSR count). The molecular weight excluding hydrogens is 303 g/mol. The van der Waals surface area contributed by atoms with Gasteiger partial charge < -0.3 is 4.90 Å². The van der Waals surface area contributed by atoms with Crippen molar-refractivity contribution in [2.24, 2.45) is 7.05 Å². The summed E-state index contributed by atoms with van der Waals surface area (Å²) in [5, 5.41) is 4.30. The van der Waals surface area contributed by atoms with Crippen LogP contribution in [0.2, 0.25) is 0 Å². The van der Waals surface area contributed by atoms with Gasteiger partial charge in [-0.1, -0.05) is 6.07 Å². The zero-order valence-electron chi connectivity index (χ0n) is 14.3. The Kier molecular flexibility index (Phi) is 4.04. The zero-order valence-corrected chi connectivity index (χ0v) is 14.3. The molecule has 3 heterocycles. The summed E-state index contributed by atoms with van der Waals surface area (Å²) in [4.78, 5) is 4.99. The standard InChI is InChI=1S/C19H25FN4/c1-22-14-16(13-21-22)15-24-9-3-6-19(24)7-10-23(11-8-19)18-5-2-4-17(20)12-18/h2,4-5,12-14H,3,6-11,15H2,1H3. The molecule has 24 heavy (non-hydrogen) atoms. The summed E-state index contributed by atoms with van der Waals surface area (Å²) < 4.78 is 15.4. The third kappa shape index (κ3) is 2.93. The first-order valence-electron chi connectivity index (χ1n) is 8.88. The number of hydrogen-bond acceptors (Lipinski definition) is 3. The van der Waals surface area contributed by atoms with Crippen molar-refractivity contribution in [2.75, 3.05) is 24.5 Å². The Hall–Kier alpha value is -1.88. The van der Waals surface area contributed by atoms with Gasteiger partial charge in [0.1, 0.15) is 5.82 Å². The van der Waals surface area contributed by atoms with E-state index in [2.05, 4.69) is 21.1 Å². The molecule has 0 radical (unpaired) electrons. The molecular formula is C19H25FN4. The van der Waals surface area contributed by atoms with Crippen molar-refractivity contribution in [3.63, 3.8) is 0 Å². The number of piperidine rings is 1. The fourth-order valence-corrected chi connectivity index (χ4v) is 4.44. The molecule has 128 valence electrons. The second-order valence-electron chi connectivity index (χ2n) is 7.24. The van der Waals surface area contributed by atoms with Gasteiger partial charge in [-0.2, -0.15) is 5.10 Å². The highest BCUT2D eigenvalue weighted by molar-refractivity contribution is 5.47. The van der Waals surface area contributed by atoms with Gasteiger partial charge in [0.05, 0.1) is 6.20 Å². The van der Waals surface area contributed by atoms with Crippen molar-refractivity contribution in [2.45, 2.75) is 37.8 Å². The molecule has 2 aromatic rings. The van der Waals surface area contributed by atoms with Crippen LogP contribution >= 0.6 is 0 Å². The van der Waals surface area contributed by atoms with E-state index in [0.717, 1.165) is 38.2 Å². The second kappa shape index (κ2) is 6.20. The quantitative estimate of drug-likeness (QED) is 0.865. The second-order valence-corrected chi connectivity index (χ2v) is 7.24. The molecule has 5 heteroatoms. The minimum absolute atomic E-state index is 0.146. The Morgan fingerprint density at radius 1 is 1.17 bits per heavy atom. The Labute approximate surface area is 142 Å². The van der Waals surface area contributed by atoms with E-state index in [1.165, 1.54) is 31.0 Å². The Morgan fingerprint density at radius 2 is 2.00 bits per heavy atom. The fourth-order valence-electron chi connectivity index (χ4n) is 4.44. The van der Waals surface area contributed by atoms with Crippen LogP contribution in [-0.2, 0) is 13.6 Å². The van der Waals surface area contributed by atoms with Crippen LogP contribution in [0.1, 0.15) is 31.2 Å². The first-order valence-corrected chi connectivity index (χ1v) is 8.88. The van der Waals surface area contributed by atoms with Crippen LogP contribution < -0.4 is 4.90 Å². The summed E-state index contributed by atoms with van der Waals surface area (Å²) in [5.41, 5.74) is 2.63. The lowest BCUT2D eigenvalue weighted by molar-refractivity contribution is 0.0998. The minimum atomic E-state index is -0.146. The van der Waals surface area contributed by atoms with Crippen LogP contribution in [0.4, 0.5) is 10.1 Å². The molecule has 2 fully saturated rings. The summed E-state index contributed by atoms with van der Waals surface area (Å²) in [6, 6.07) is 6.99. The van der Waals surface area contributed by atoms with Crippen molar-refractivity contribution < 1.29 is 4.39 Å². The van der Waals surface area contributed by atoms with E-state index in [0.29, 0.717) is 5.54 Å². The maximum absolute atomic E-state index is 13.5. The summed E-state index contributed by atoms with van der Waals surface area (Å²) in [7, 11) is 1.97. The van der Waals surface area contributed by atoms with Gasteiger partial charge in [0, 0.05) is 49.7 Å². The number of benzene rings is 1. The van der Waals surface area contributed by atoms with Gasteiger partial charge in [0.25, 0.3) is 0 Å². The van der Waals surface area contributed by atoms with Gasteiger partial charge in [-0.25, -0.2) is 4.39 Å². The molecule has 0 bridgehead atoms. The number of aryl methyl sites for hydroxylation is 1. The lowest BCUT2D eigenvalue weighted by Crippen LogP contribution is -2.51. The van der Waals surface area contributed by atoms with Gasteiger partial charge in [0.2, 0.25) is 0 Å². The van der Waals surface area contributed by atoms with Gasteiger partial charge in [-0.15, -0.1) is 0 Å². The average molecular weight is 328 g/mol. The van der Waals surface area contributed by atoms with Crippen LogP contribution in [0.25, 0.3) is 0 Å². The molecule has 0 amide bonds. The monoisotopic (exact) mass is 328 g/mol.